The minimum absolute atomic E-state index is 0.192. The molecule has 2 rings (SSSR count). The van der Waals surface area contributed by atoms with E-state index in [9.17, 15) is 4.79 Å². The summed E-state index contributed by atoms with van der Waals surface area (Å²) >= 11 is 1.18. The Morgan fingerprint density at radius 3 is 2.71 bits per heavy atom. The van der Waals surface area contributed by atoms with Crippen molar-refractivity contribution in [2.24, 2.45) is 0 Å². The molecule has 0 aliphatic carbocycles. The third kappa shape index (κ3) is 3.44. The lowest BCUT2D eigenvalue weighted by atomic mass is 10.2. The van der Waals surface area contributed by atoms with E-state index in [4.69, 9.17) is 15.7 Å². The first-order valence-corrected chi connectivity index (χ1v) is 7.58. The van der Waals surface area contributed by atoms with Crippen molar-refractivity contribution in [2.45, 2.75) is 6.92 Å². The van der Waals surface area contributed by atoms with E-state index in [0.717, 1.165) is 26.2 Å². The third-order valence-corrected chi connectivity index (χ3v) is 4.30. The highest BCUT2D eigenvalue weighted by Crippen LogP contribution is 2.36. The molecule has 3 N–H and O–H groups in total. The summed E-state index contributed by atoms with van der Waals surface area (Å²) in [6.45, 7) is 5.54. The van der Waals surface area contributed by atoms with Crippen molar-refractivity contribution in [1.82, 2.24) is 9.91 Å². The number of hydrogen-bond donors (Lipinski definition) is 2. The van der Waals surface area contributed by atoms with Gasteiger partial charge in [0, 0.05) is 26.2 Å². The number of nitrogen functional groups attached to an aromatic ring is 1. The van der Waals surface area contributed by atoms with Gasteiger partial charge in [0.15, 0.2) is 0 Å². The lowest BCUT2D eigenvalue weighted by molar-refractivity contribution is 0.0528. The van der Waals surface area contributed by atoms with Gasteiger partial charge in [-0.2, -0.15) is 5.26 Å². The number of piperazine rings is 1. The number of nitrogens with one attached hydrogen (secondary N) is 1. The van der Waals surface area contributed by atoms with Crippen LogP contribution in [-0.4, -0.2) is 55.7 Å². The van der Waals surface area contributed by atoms with Gasteiger partial charge < -0.3 is 20.8 Å². The maximum absolute atomic E-state index is 12.0. The van der Waals surface area contributed by atoms with E-state index in [1.54, 1.807) is 6.92 Å². The molecule has 114 valence electrons. The van der Waals surface area contributed by atoms with Crippen LogP contribution in [-0.2, 0) is 4.74 Å². The first-order chi connectivity index (χ1) is 10.1. The van der Waals surface area contributed by atoms with Crippen LogP contribution in [0.1, 0.15) is 22.2 Å². The average molecular weight is 309 g/mol. The fourth-order valence-electron chi connectivity index (χ4n) is 2.07. The van der Waals surface area contributed by atoms with E-state index in [1.165, 1.54) is 11.3 Å². The number of ether oxygens (including phenoxy) is 1. The van der Waals surface area contributed by atoms with Gasteiger partial charge in [-0.25, -0.2) is 9.80 Å². The summed E-state index contributed by atoms with van der Waals surface area (Å²) in [5.41, 5.74) is 9.55. The SMILES string of the molecule is CCOC(=O)c1c(NN2CCN(C)CC2)sc(C#N)c1N. The van der Waals surface area contributed by atoms with E-state index in [2.05, 4.69) is 17.4 Å². The van der Waals surface area contributed by atoms with Crippen molar-refractivity contribution in [3.63, 3.8) is 0 Å². The highest BCUT2D eigenvalue weighted by Gasteiger charge is 2.25. The van der Waals surface area contributed by atoms with E-state index < -0.39 is 5.97 Å². The van der Waals surface area contributed by atoms with Gasteiger partial charge in [0.2, 0.25) is 0 Å². The van der Waals surface area contributed by atoms with E-state index >= 15 is 0 Å². The summed E-state index contributed by atoms with van der Waals surface area (Å²) in [6.07, 6.45) is 0. The van der Waals surface area contributed by atoms with Crippen LogP contribution in [0.3, 0.4) is 0 Å². The number of hydrogen-bond acceptors (Lipinski definition) is 8. The van der Waals surface area contributed by atoms with Crippen LogP contribution < -0.4 is 11.2 Å². The summed E-state index contributed by atoms with van der Waals surface area (Å²) < 4.78 is 5.03. The number of rotatable bonds is 4. The molecule has 0 atom stereocenters. The topological polar surface area (TPSA) is 94.6 Å². The molecule has 21 heavy (non-hydrogen) atoms. The molecular weight excluding hydrogens is 290 g/mol. The zero-order valence-corrected chi connectivity index (χ0v) is 13.0. The lowest BCUT2D eigenvalue weighted by Crippen LogP contribution is -2.47. The first kappa shape index (κ1) is 15.6. The number of likely N-dealkylation sites (N-methyl/N-ethyl adjacent to an activating group) is 1. The van der Waals surface area contributed by atoms with Crippen molar-refractivity contribution >= 4 is 28.0 Å². The second-order valence-electron chi connectivity index (χ2n) is 4.78. The van der Waals surface area contributed by atoms with Gasteiger partial charge in [-0.1, -0.05) is 0 Å². The molecule has 1 fully saturated rings. The number of carbonyl (C=O) groups is 1. The Labute approximate surface area is 127 Å². The molecule has 7 nitrogen and oxygen atoms in total. The minimum atomic E-state index is -0.496. The first-order valence-electron chi connectivity index (χ1n) is 6.76. The lowest BCUT2D eigenvalue weighted by Gasteiger charge is -2.32. The number of anilines is 2. The van der Waals surface area contributed by atoms with Gasteiger partial charge in [-0.15, -0.1) is 11.3 Å². The minimum Gasteiger partial charge on any atom is -0.462 e. The predicted molar refractivity (Wildman–Crippen MR) is 82.1 cm³/mol. The van der Waals surface area contributed by atoms with Gasteiger partial charge in [0.1, 0.15) is 21.5 Å². The van der Waals surface area contributed by atoms with Gasteiger partial charge in [-0.05, 0) is 14.0 Å². The number of hydrazine groups is 1. The molecule has 0 spiro atoms. The average Bonchev–Trinajstić information content (AvgIpc) is 2.77. The molecule has 1 saturated heterocycles. The molecule has 0 saturated carbocycles. The van der Waals surface area contributed by atoms with Crippen molar-refractivity contribution in [3.05, 3.63) is 10.4 Å². The molecule has 0 unspecified atom stereocenters. The number of nitriles is 1. The van der Waals surface area contributed by atoms with Crippen LogP contribution in [0.2, 0.25) is 0 Å². The van der Waals surface area contributed by atoms with Crippen LogP contribution in [0.5, 0.6) is 0 Å². The Hall–Kier alpha value is -1.82. The zero-order valence-electron chi connectivity index (χ0n) is 12.2. The molecule has 1 aromatic rings. The number of esters is 1. The van der Waals surface area contributed by atoms with Gasteiger partial charge in [-0.3, -0.25) is 0 Å². The number of carbonyl (C=O) groups excluding carboxylic acids is 1. The van der Waals surface area contributed by atoms with Crippen molar-refractivity contribution in [3.8, 4) is 6.07 Å². The standard InChI is InChI=1S/C13H19N5O2S/c1-3-20-13(19)10-11(15)9(8-14)21-12(10)16-18-6-4-17(2)5-7-18/h16H,3-7,15H2,1-2H3. The molecule has 8 heteroatoms. The largest absolute Gasteiger partial charge is 0.462 e. The van der Waals surface area contributed by atoms with Crippen LogP contribution in [0.25, 0.3) is 0 Å². The Morgan fingerprint density at radius 1 is 1.48 bits per heavy atom. The fraction of sp³-hybridized carbons (Fsp3) is 0.538. The quantitative estimate of drug-likeness (QED) is 0.800. The van der Waals surface area contributed by atoms with E-state index in [1.807, 2.05) is 11.1 Å². The molecule has 1 aromatic heterocycles. The molecular formula is C13H19N5O2S. The van der Waals surface area contributed by atoms with Crippen LogP contribution in [0, 0.1) is 11.3 Å². The Morgan fingerprint density at radius 2 is 2.14 bits per heavy atom. The fourth-order valence-corrected chi connectivity index (χ4v) is 3.01. The van der Waals surface area contributed by atoms with Crippen LogP contribution in [0.4, 0.5) is 10.7 Å². The molecule has 2 heterocycles. The van der Waals surface area contributed by atoms with E-state index in [0.29, 0.717) is 9.88 Å². The van der Waals surface area contributed by atoms with Crippen LogP contribution in [0.15, 0.2) is 0 Å². The third-order valence-electron chi connectivity index (χ3n) is 3.29. The monoisotopic (exact) mass is 309 g/mol. The summed E-state index contributed by atoms with van der Waals surface area (Å²) in [4.78, 5) is 14.6. The summed E-state index contributed by atoms with van der Waals surface area (Å²) in [7, 11) is 2.07. The Bertz CT molecular complexity index is 558. The second-order valence-corrected chi connectivity index (χ2v) is 5.80. The molecule has 0 aromatic carbocycles. The number of nitrogens with two attached hydrogens (primary N) is 1. The summed E-state index contributed by atoms with van der Waals surface area (Å²) in [5, 5.41) is 11.7. The number of thiophene rings is 1. The zero-order chi connectivity index (χ0) is 15.4. The van der Waals surface area contributed by atoms with Crippen LogP contribution >= 0.6 is 11.3 Å². The van der Waals surface area contributed by atoms with Gasteiger partial charge in [0.05, 0.1) is 12.3 Å². The molecule has 0 bridgehead atoms. The van der Waals surface area contributed by atoms with E-state index in [-0.39, 0.29) is 17.9 Å². The molecule has 1 aliphatic rings. The van der Waals surface area contributed by atoms with Crippen molar-refractivity contribution < 1.29 is 9.53 Å². The normalized spacial score (nSPS) is 16.4. The maximum atomic E-state index is 12.0. The smallest absolute Gasteiger partial charge is 0.343 e. The Balaban J connectivity index is 2.22. The van der Waals surface area contributed by atoms with Crippen molar-refractivity contribution in [2.75, 3.05) is 51.0 Å². The highest BCUT2D eigenvalue weighted by atomic mass is 32.1. The van der Waals surface area contributed by atoms with Gasteiger partial charge >= 0.3 is 5.97 Å². The number of nitrogens with zero attached hydrogens (tertiary/aromatic N) is 3. The van der Waals surface area contributed by atoms with Gasteiger partial charge in [0.25, 0.3) is 0 Å². The molecule has 0 radical (unpaired) electrons. The molecule has 1 aliphatic heterocycles. The summed E-state index contributed by atoms with van der Waals surface area (Å²) in [6, 6.07) is 2.02. The maximum Gasteiger partial charge on any atom is 0.343 e. The Kier molecular flexibility index (Phi) is 5.01. The second kappa shape index (κ2) is 6.76. The summed E-state index contributed by atoms with van der Waals surface area (Å²) in [5.74, 6) is -0.496. The van der Waals surface area contributed by atoms with Crippen molar-refractivity contribution in [1.29, 1.82) is 5.26 Å². The predicted octanol–water partition coefficient (Wildman–Crippen LogP) is 0.953. The highest BCUT2D eigenvalue weighted by molar-refractivity contribution is 7.17. The molecule has 0 amide bonds.